The summed E-state index contributed by atoms with van der Waals surface area (Å²) in [6.07, 6.45) is 0.250. The number of para-hydroxylation sites is 1. The highest BCUT2D eigenvalue weighted by Gasteiger charge is 2.14. The number of fused-ring (bicyclic) bond motifs is 1. The molecule has 8 heteroatoms. The van der Waals surface area contributed by atoms with Crippen molar-refractivity contribution in [2.24, 2.45) is 0 Å². The number of carbonyl (C=O) groups is 1. The van der Waals surface area contributed by atoms with Crippen molar-refractivity contribution in [2.75, 3.05) is 12.3 Å². The summed E-state index contributed by atoms with van der Waals surface area (Å²) in [7, 11) is 0. The Hall–Kier alpha value is -2.82. The van der Waals surface area contributed by atoms with E-state index in [2.05, 4.69) is 10.3 Å². The lowest BCUT2D eigenvalue weighted by Crippen LogP contribution is -2.27. The smallest absolute Gasteiger partial charge is 0.266 e. The van der Waals surface area contributed by atoms with Crippen LogP contribution >= 0.6 is 23.4 Å². The maximum atomic E-state index is 13.0. The molecule has 1 amide bonds. The minimum atomic E-state index is -0.222. The van der Waals surface area contributed by atoms with Crippen LogP contribution in [-0.2, 0) is 4.79 Å². The molecule has 1 aromatic heterocycles. The van der Waals surface area contributed by atoms with Crippen molar-refractivity contribution in [2.45, 2.75) is 11.6 Å². The largest absolute Gasteiger partial charge is 0.354 e. The van der Waals surface area contributed by atoms with E-state index in [1.165, 1.54) is 16.3 Å². The molecular formula is C19H15ClN4O2S. The van der Waals surface area contributed by atoms with Crippen LogP contribution in [0.15, 0.2) is 58.5 Å². The second-order valence-corrected chi connectivity index (χ2v) is 6.95. The number of nitrogens with one attached hydrogen (secondary N) is 1. The minimum absolute atomic E-state index is 0.0871. The van der Waals surface area contributed by atoms with Gasteiger partial charge in [0, 0.05) is 11.6 Å². The standard InChI is InChI=1S/C19H15ClN4O2S/c20-13-6-8-14(9-7-13)24-18(26)15-4-1-2-5-16(15)23-19(24)27-12-17(25)22-11-3-10-21/h1-2,4-9H,3,11-12H2,(H,22,25). The number of hydrogen-bond donors (Lipinski definition) is 1. The van der Waals surface area contributed by atoms with E-state index in [1.54, 1.807) is 42.5 Å². The third-order valence-corrected chi connectivity index (χ3v) is 4.91. The molecule has 0 spiro atoms. The molecule has 2 aromatic carbocycles. The van der Waals surface area contributed by atoms with Gasteiger partial charge in [-0.2, -0.15) is 5.26 Å². The summed E-state index contributed by atoms with van der Waals surface area (Å²) in [4.78, 5) is 29.6. The maximum Gasteiger partial charge on any atom is 0.266 e. The fourth-order valence-corrected chi connectivity index (χ4v) is 3.43. The summed E-state index contributed by atoms with van der Waals surface area (Å²) >= 11 is 7.12. The van der Waals surface area contributed by atoms with Crippen molar-refractivity contribution in [1.29, 1.82) is 5.26 Å². The number of halogens is 1. The molecule has 0 aliphatic rings. The number of aromatic nitrogens is 2. The molecule has 6 nitrogen and oxygen atoms in total. The normalized spacial score (nSPS) is 10.5. The van der Waals surface area contributed by atoms with Crippen LogP contribution in [0, 0.1) is 11.3 Å². The summed E-state index contributed by atoms with van der Waals surface area (Å²) in [5, 5.41) is 12.7. The Bertz CT molecular complexity index is 1070. The van der Waals surface area contributed by atoms with Crippen LogP contribution in [-0.4, -0.2) is 27.8 Å². The number of nitriles is 1. The van der Waals surface area contributed by atoms with Crippen molar-refractivity contribution in [1.82, 2.24) is 14.9 Å². The number of nitrogens with zero attached hydrogens (tertiary/aromatic N) is 3. The lowest BCUT2D eigenvalue weighted by Gasteiger charge is -2.13. The van der Waals surface area contributed by atoms with E-state index in [0.29, 0.717) is 33.3 Å². The van der Waals surface area contributed by atoms with E-state index in [-0.39, 0.29) is 23.6 Å². The molecule has 0 aliphatic heterocycles. The molecule has 0 unspecified atom stereocenters. The Kier molecular flexibility index (Phi) is 6.12. The molecule has 0 saturated heterocycles. The Morgan fingerprint density at radius 3 is 2.70 bits per heavy atom. The molecule has 1 heterocycles. The highest BCUT2D eigenvalue weighted by molar-refractivity contribution is 7.99. The van der Waals surface area contributed by atoms with E-state index in [0.717, 1.165) is 0 Å². The molecular weight excluding hydrogens is 384 g/mol. The van der Waals surface area contributed by atoms with Gasteiger partial charge in [-0.25, -0.2) is 4.98 Å². The highest BCUT2D eigenvalue weighted by Crippen LogP contribution is 2.22. The van der Waals surface area contributed by atoms with E-state index in [4.69, 9.17) is 16.9 Å². The second kappa shape index (κ2) is 8.71. The molecule has 0 saturated carbocycles. The lowest BCUT2D eigenvalue weighted by atomic mass is 10.2. The quantitative estimate of drug-likeness (QED) is 0.391. The van der Waals surface area contributed by atoms with Gasteiger partial charge in [0.2, 0.25) is 5.91 Å². The van der Waals surface area contributed by atoms with Crippen LogP contribution in [0.1, 0.15) is 6.42 Å². The first-order valence-corrected chi connectivity index (χ1v) is 9.50. The summed E-state index contributed by atoms with van der Waals surface area (Å²) in [5.74, 6) is -0.135. The predicted octanol–water partition coefficient (Wildman–Crippen LogP) is 3.16. The van der Waals surface area contributed by atoms with Crippen molar-refractivity contribution >= 4 is 40.2 Å². The van der Waals surface area contributed by atoms with Crippen LogP contribution in [0.3, 0.4) is 0 Å². The van der Waals surface area contributed by atoms with Crippen LogP contribution in [0.25, 0.3) is 16.6 Å². The summed E-state index contributed by atoms with van der Waals surface area (Å²) in [5.41, 5.74) is 0.977. The first kappa shape index (κ1) is 19.0. The fourth-order valence-electron chi connectivity index (χ4n) is 2.47. The van der Waals surface area contributed by atoms with Gasteiger partial charge in [0.25, 0.3) is 5.56 Å². The SMILES string of the molecule is N#CCCNC(=O)CSc1nc2ccccc2c(=O)n1-c1ccc(Cl)cc1. The molecule has 3 aromatic rings. The molecule has 27 heavy (non-hydrogen) atoms. The van der Waals surface area contributed by atoms with E-state index in [9.17, 15) is 9.59 Å². The monoisotopic (exact) mass is 398 g/mol. The van der Waals surface area contributed by atoms with Gasteiger partial charge in [0.1, 0.15) is 0 Å². The highest BCUT2D eigenvalue weighted by atomic mass is 35.5. The third-order valence-electron chi connectivity index (χ3n) is 3.72. The van der Waals surface area contributed by atoms with Crippen LogP contribution in [0.5, 0.6) is 0 Å². The predicted molar refractivity (Wildman–Crippen MR) is 106 cm³/mol. The third kappa shape index (κ3) is 4.48. The van der Waals surface area contributed by atoms with Gasteiger partial charge in [-0.1, -0.05) is 35.5 Å². The number of amides is 1. The molecule has 3 rings (SSSR count). The van der Waals surface area contributed by atoms with Crippen LogP contribution in [0.4, 0.5) is 0 Å². The van der Waals surface area contributed by atoms with Crippen molar-refractivity contribution in [3.8, 4) is 11.8 Å². The zero-order valence-electron chi connectivity index (χ0n) is 14.2. The van der Waals surface area contributed by atoms with Gasteiger partial charge in [-0.05, 0) is 36.4 Å². The first-order valence-electron chi connectivity index (χ1n) is 8.14. The first-order chi connectivity index (χ1) is 13.1. The Balaban J connectivity index is 1.98. The summed E-state index contributed by atoms with van der Waals surface area (Å²) in [6, 6.07) is 15.9. The zero-order chi connectivity index (χ0) is 19.2. The zero-order valence-corrected chi connectivity index (χ0v) is 15.8. The van der Waals surface area contributed by atoms with Gasteiger partial charge < -0.3 is 5.32 Å². The van der Waals surface area contributed by atoms with Crippen molar-refractivity contribution in [3.05, 3.63) is 63.9 Å². The molecule has 1 N–H and O–H groups in total. The van der Waals surface area contributed by atoms with Crippen molar-refractivity contribution < 1.29 is 4.79 Å². The molecule has 0 aliphatic carbocycles. The number of rotatable bonds is 6. The van der Waals surface area contributed by atoms with Crippen LogP contribution < -0.4 is 10.9 Å². The number of hydrogen-bond acceptors (Lipinski definition) is 5. The summed E-state index contributed by atoms with van der Waals surface area (Å²) < 4.78 is 1.48. The van der Waals surface area contributed by atoms with Crippen molar-refractivity contribution in [3.63, 3.8) is 0 Å². The Labute approximate surface area is 164 Å². The minimum Gasteiger partial charge on any atom is -0.354 e. The van der Waals surface area contributed by atoms with Gasteiger partial charge in [0.15, 0.2) is 5.16 Å². The topological polar surface area (TPSA) is 87.8 Å². The van der Waals surface area contributed by atoms with E-state index >= 15 is 0 Å². The Morgan fingerprint density at radius 2 is 1.96 bits per heavy atom. The molecule has 0 radical (unpaired) electrons. The van der Waals surface area contributed by atoms with Gasteiger partial charge in [-0.15, -0.1) is 0 Å². The molecule has 136 valence electrons. The molecule has 0 atom stereocenters. The number of carbonyl (C=O) groups excluding carboxylic acids is 1. The molecule has 0 bridgehead atoms. The van der Waals surface area contributed by atoms with Gasteiger partial charge >= 0.3 is 0 Å². The van der Waals surface area contributed by atoms with Gasteiger partial charge in [0.05, 0.1) is 34.8 Å². The average molecular weight is 399 g/mol. The summed E-state index contributed by atoms with van der Waals surface area (Å²) in [6.45, 7) is 0.297. The molecule has 0 fully saturated rings. The average Bonchev–Trinajstić information content (AvgIpc) is 2.68. The maximum absolute atomic E-state index is 13.0. The van der Waals surface area contributed by atoms with Gasteiger partial charge in [-0.3, -0.25) is 14.2 Å². The number of thioether (sulfide) groups is 1. The lowest BCUT2D eigenvalue weighted by molar-refractivity contribution is -0.118. The number of benzene rings is 2. The van der Waals surface area contributed by atoms with Crippen LogP contribution in [0.2, 0.25) is 5.02 Å². The van der Waals surface area contributed by atoms with E-state index < -0.39 is 0 Å². The van der Waals surface area contributed by atoms with E-state index in [1.807, 2.05) is 12.1 Å². The fraction of sp³-hybridized carbons (Fsp3) is 0.158. The second-order valence-electron chi connectivity index (χ2n) is 5.58. The Morgan fingerprint density at radius 1 is 1.22 bits per heavy atom.